The van der Waals surface area contributed by atoms with Crippen molar-refractivity contribution >= 4 is 44.9 Å². The lowest BCUT2D eigenvalue weighted by molar-refractivity contribution is 0.735. The summed E-state index contributed by atoms with van der Waals surface area (Å²) in [5.74, 6) is 0. The van der Waals surface area contributed by atoms with E-state index in [0.717, 1.165) is 44.0 Å². The minimum atomic E-state index is -0.659. The first-order valence-corrected chi connectivity index (χ1v) is 14.7. The fourth-order valence-corrected chi connectivity index (χ4v) is 6.50. The van der Waals surface area contributed by atoms with Crippen molar-refractivity contribution in [1.29, 1.82) is 5.26 Å². The van der Waals surface area contributed by atoms with Crippen LogP contribution < -0.4 is 5.56 Å². The van der Waals surface area contributed by atoms with E-state index in [2.05, 4.69) is 43.0 Å². The number of aromatic nitrogens is 2. The number of nitrogens with zero attached hydrogens (tertiary/aromatic N) is 3. The van der Waals surface area contributed by atoms with Crippen LogP contribution >= 0.6 is 0 Å². The molecule has 0 spiro atoms. The molecule has 7 rings (SSSR count). The molecule has 1 atom stereocenters. The third kappa shape index (κ3) is 3.98. The first-order valence-electron chi connectivity index (χ1n) is 14.7. The molecule has 4 aromatic carbocycles. The van der Waals surface area contributed by atoms with Gasteiger partial charge in [0.05, 0.1) is 17.5 Å². The van der Waals surface area contributed by atoms with E-state index in [1.807, 2.05) is 105 Å². The summed E-state index contributed by atoms with van der Waals surface area (Å²) in [5.41, 5.74) is 6.79. The van der Waals surface area contributed by atoms with E-state index in [4.69, 9.17) is 4.98 Å². The number of allylic oxidation sites excluding steroid dienone is 7. The molecule has 1 aliphatic rings. The van der Waals surface area contributed by atoms with E-state index in [-0.39, 0.29) is 5.56 Å². The number of fused-ring (bicyclic) bond motifs is 4. The van der Waals surface area contributed by atoms with Crippen molar-refractivity contribution in [2.24, 2.45) is 0 Å². The zero-order valence-corrected chi connectivity index (χ0v) is 24.6. The van der Waals surface area contributed by atoms with Gasteiger partial charge in [-0.15, -0.1) is 0 Å². The lowest BCUT2D eigenvalue weighted by Crippen LogP contribution is -2.21. The van der Waals surface area contributed by atoms with E-state index in [0.29, 0.717) is 28.0 Å². The van der Waals surface area contributed by atoms with Crippen LogP contribution in [-0.4, -0.2) is 9.38 Å². The second-order valence-corrected chi connectivity index (χ2v) is 11.2. The van der Waals surface area contributed by atoms with E-state index < -0.39 is 5.41 Å². The molecule has 44 heavy (non-hydrogen) atoms. The first-order chi connectivity index (χ1) is 21.5. The molecule has 0 fully saturated rings. The lowest BCUT2D eigenvalue weighted by atomic mass is 9.76. The van der Waals surface area contributed by atoms with Crippen molar-refractivity contribution in [3.05, 3.63) is 160 Å². The molecule has 2 aromatic heterocycles. The Kier molecular flexibility index (Phi) is 6.45. The molecule has 4 nitrogen and oxygen atoms in total. The minimum absolute atomic E-state index is 0.156. The van der Waals surface area contributed by atoms with Crippen molar-refractivity contribution in [2.45, 2.75) is 19.3 Å². The van der Waals surface area contributed by atoms with Crippen LogP contribution in [-0.2, 0) is 5.41 Å². The predicted molar refractivity (Wildman–Crippen MR) is 183 cm³/mol. The van der Waals surface area contributed by atoms with E-state index in [9.17, 15) is 10.1 Å². The Morgan fingerprint density at radius 1 is 0.955 bits per heavy atom. The molecule has 0 bridgehead atoms. The van der Waals surface area contributed by atoms with Crippen molar-refractivity contribution in [1.82, 2.24) is 9.38 Å². The van der Waals surface area contributed by atoms with Crippen molar-refractivity contribution in [3.8, 4) is 17.2 Å². The fourth-order valence-electron chi connectivity index (χ4n) is 6.50. The summed E-state index contributed by atoms with van der Waals surface area (Å²) in [6.07, 6.45) is 13.6. The maximum Gasteiger partial charge on any atom is 0.264 e. The number of hydrogen-bond donors (Lipinski definition) is 0. The predicted octanol–water partition coefficient (Wildman–Crippen LogP) is 9.14. The zero-order valence-electron chi connectivity index (χ0n) is 24.6. The number of nitriles is 1. The lowest BCUT2D eigenvalue weighted by Gasteiger charge is -2.25. The SMILES string of the molecule is C=C/C=C\C(=C/C)c1ccc2c3c1c(-c1ccccc1)ccc3c(=O)n1c3c(nc21)C=CC(C)(c1ccccc1)C(C#N)=C3. The quantitative estimate of drug-likeness (QED) is 0.195. The molecule has 0 radical (unpaired) electrons. The van der Waals surface area contributed by atoms with Gasteiger partial charge in [0.2, 0.25) is 0 Å². The highest BCUT2D eigenvalue weighted by molar-refractivity contribution is 6.21. The average Bonchev–Trinajstić information content (AvgIpc) is 3.37. The van der Waals surface area contributed by atoms with E-state index in [1.165, 1.54) is 0 Å². The normalized spacial score (nSPS) is 16.8. The molecular weight excluding hydrogens is 538 g/mol. The van der Waals surface area contributed by atoms with Crippen molar-refractivity contribution in [2.75, 3.05) is 0 Å². The molecule has 6 aromatic rings. The number of benzene rings is 4. The summed E-state index contributed by atoms with van der Waals surface area (Å²) in [5, 5.41) is 13.7. The highest BCUT2D eigenvalue weighted by Crippen LogP contribution is 2.42. The zero-order chi connectivity index (χ0) is 30.4. The van der Waals surface area contributed by atoms with Gasteiger partial charge in [-0.2, -0.15) is 5.26 Å². The summed E-state index contributed by atoms with van der Waals surface area (Å²) < 4.78 is 1.68. The number of imidazole rings is 1. The first kappa shape index (κ1) is 27.1. The standard InChI is InChI=1S/C40H29N3O/c1-4-6-13-26(5-2)30-18-20-32-37-33(21-19-31(36(30)37)27-14-9-7-10-15-27)39(44)43-35-24-29(25-41)40(3,28-16-11-8-12-17-28)23-22-34(35)42-38(32)43/h4-24H,1H2,2-3H3/b13-6-,26-5+. The van der Waals surface area contributed by atoms with Crippen LogP contribution in [0.3, 0.4) is 0 Å². The van der Waals surface area contributed by atoms with Gasteiger partial charge in [-0.3, -0.25) is 9.20 Å². The molecule has 4 heteroatoms. The molecule has 1 aliphatic carbocycles. The number of pyridine rings is 1. The second-order valence-electron chi connectivity index (χ2n) is 11.2. The molecule has 0 saturated heterocycles. The smallest absolute Gasteiger partial charge is 0.264 e. The summed E-state index contributed by atoms with van der Waals surface area (Å²) in [7, 11) is 0. The molecular formula is C40H29N3O. The average molecular weight is 568 g/mol. The van der Waals surface area contributed by atoms with Crippen LogP contribution in [0.1, 0.15) is 36.4 Å². The van der Waals surface area contributed by atoms with Gasteiger partial charge in [-0.1, -0.05) is 110 Å². The van der Waals surface area contributed by atoms with Gasteiger partial charge in [-0.25, -0.2) is 4.98 Å². The van der Waals surface area contributed by atoms with Gasteiger partial charge in [0, 0.05) is 27.1 Å². The van der Waals surface area contributed by atoms with Crippen LogP contribution in [0.2, 0.25) is 0 Å². The van der Waals surface area contributed by atoms with Crippen molar-refractivity contribution < 1.29 is 0 Å². The topological polar surface area (TPSA) is 58.2 Å². The molecule has 2 heterocycles. The molecule has 210 valence electrons. The third-order valence-corrected chi connectivity index (χ3v) is 8.80. The summed E-state index contributed by atoms with van der Waals surface area (Å²) in [6, 6.07) is 30.8. The monoisotopic (exact) mass is 567 g/mol. The second kappa shape index (κ2) is 10.5. The Morgan fingerprint density at radius 3 is 2.39 bits per heavy atom. The summed E-state index contributed by atoms with van der Waals surface area (Å²) in [4.78, 5) is 19.5. The van der Waals surface area contributed by atoms with Crippen LogP contribution in [0, 0.1) is 11.3 Å². The van der Waals surface area contributed by atoms with Gasteiger partial charge in [0.25, 0.3) is 5.56 Å². The Hall–Kier alpha value is -5.79. The molecule has 0 N–H and O–H groups in total. The van der Waals surface area contributed by atoms with Crippen LogP contribution in [0.5, 0.6) is 0 Å². The maximum absolute atomic E-state index is 14.5. The Morgan fingerprint density at radius 2 is 1.68 bits per heavy atom. The Labute approximate surface area is 255 Å². The Balaban J connectivity index is 1.59. The minimum Gasteiger partial charge on any atom is -0.268 e. The van der Waals surface area contributed by atoms with Gasteiger partial charge < -0.3 is 0 Å². The highest BCUT2D eigenvalue weighted by atomic mass is 16.1. The van der Waals surface area contributed by atoms with Gasteiger partial charge in [0.15, 0.2) is 0 Å². The van der Waals surface area contributed by atoms with E-state index in [1.54, 1.807) is 10.5 Å². The van der Waals surface area contributed by atoms with E-state index >= 15 is 0 Å². The van der Waals surface area contributed by atoms with Crippen LogP contribution in [0.25, 0.3) is 56.0 Å². The molecule has 1 unspecified atom stereocenters. The van der Waals surface area contributed by atoms with Gasteiger partial charge in [0.1, 0.15) is 5.65 Å². The van der Waals surface area contributed by atoms with Gasteiger partial charge >= 0.3 is 0 Å². The number of rotatable bonds is 5. The molecule has 0 aliphatic heterocycles. The summed E-state index contributed by atoms with van der Waals surface area (Å²) in [6.45, 7) is 7.90. The fraction of sp³-hybridized carbons (Fsp3) is 0.0750. The number of hydrogen-bond acceptors (Lipinski definition) is 3. The largest absolute Gasteiger partial charge is 0.268 e. The highest BCUT2D eigenvalue weighted by Gasteiger charge is 2.32. The third-order valence-electron chi connectivity index (χ3n) is 8.80. The van der Waals surface area contributed by atoms with Gasteiger partial charge in [-0.05, 0) is 71.3 Å². The van der Waals surface area contributed by atoms with Crippen molar-refractivity contribution in [3.63, 3.8) is 0 Å². The molecule has 0 saturated carbocycles. The molecule has 0 amide bonds. The maximum atomic E-state index is 14.5. The summed E-state index contributed by atoms with van der Waals surface area (Å²) >= 11 is 0. The van der Waals surface area contributed by atoms with Crippen LogP contribution in [0.15, 0.2) is 132 Å². The Bertz CT molecular complexity index is 2330. The van der Waals surface area contributed by atoms with Crippen LogP contribution in [0.4, 0.5) is 0 Å².